The van der Waals surface area contributed by atoms with Gasteiger partial charge < -0.3 is 0 Å². The van der Waals surface area contributed by atoms with Gasteiger partial charge in [0.1, 0.15) is 0 Å². The number of fused-ring (bicyclic) bond motifs is 4. The van der Waals surface area contributed by atoms with Gasteiger partial charge >= 0.3 is 0 Å². The molecule has 1 aliphatic heterocycles. The van der Waals surface area contributed by atoms with E-state index in [2.05, 4.69) is 34.6 Å². The maximum atomic E-state index is 2.62. The van der Waals surface area contributed by atoms with Crippen molar-refractivity contribution in [1.29, 1.82) is 0 Å². The van der Waals surface area contributed by atoms with Gasteiger partial charge in [-0.25, -0.2) is 0 Å². The van der Waals surface area contributed by atoms with E-state index in [-0.39, 0.29) is 0 Å². The van der Waals surface area contributed by atoms with Gasteiger partial charge in [-0.1, -0.05) is 73.9 Å². The molecule has 6 atom stereocenters. The van der Waals surface area contributed by atoms with Crippen LogP contribution in [0.5, 0.6) is 0 Å². The van der Waals surface area contributed by atoms with Crippen molar-refractivity contribution in [2.24, 2.45) is 29.6 Å². The van der Waals surface area contributed by atoms with Crippen molar-refractivity contribution in [3.05, 3.63) is 44.6 Å². The molecule has 190 valence electrons. The molecular formula is C34H50Si. The second kappa shape index (κ2) is 8.34. The summed E-state index contributed by atoms with van der Waals surface area (Å²) in [5.41, 5.74) is 17.2. The lowest BCUT2D eigenvalue weighted by Crippen LogP contribution is -2.47. The number of rotatable bonds is 3. The Balaban J connectivity index is 1.32. The summed E-state index contributed by atoms with van der Waals surface area (Å²) in [6.45, 7) is 12.9. The van der Waals surface area contributed by atoms with Crippen LogP contribution in [0.2, 0.25) is 23.2 Å². The summed E-state index contributed by atoms with van der Waals surface area (Å²) >= 11 is 0. The van der Waals surface area contributed by atoms with Crippen molar-refractivity contribution < 1.29 is 0 Å². The molecule has 7 rings (SSSR count). The normalized spacial score (nSPS) is 40.3. The van der Waals surface area contributed by atoms with Gasteiger partial charge in [-0.05, 0) is 135 Å². The summed E-state index contributed by atoms with van der Waals surface area (Å²) in [5, 5.41) is 0. The molecule has 5 fully saturated rings. The predicted molar refractivity (Wildman–Crippen MR) is 152 cm³/mol. The van der Waals surface area contributed by atoms with Crippen molar-refractivity contribution in [3.8, 4) is 0 Å². The fraction of sp³-hybridized carbons (Fsp3) is 0.765. The second-order valence-electron chi connectivity index (χ2n) is 14.4. The third-order valence-corrected chi connectivity index (χ3v) is 19.9. The Kier molecular flexibility index (Phi) is 5.55. The van der Waals surface area contributed by atoms with Crippen molar-refractivity contribution in [2.75, 3.05) is 0 Å². The van der Waals surface area contributed by atoms with Crippen molar-refractivity contribution >= 4 is 8.07 Å². The third kappa shape index (κ3) is 3.09. The highest BCUT2D eigenvalue weighted by Gasteiger charge is 2.61. The van der Waals surface area contributed by atoms with Crippen LogP contribution in [-0.2, 0) is 0 Å². The van der Waals surface area contributed by atoms with Crippen LogP contribution in [-0.4, -0.2) is 8.07 Å². The van der Waals surface area contributed by atoms with Gasteiger partial charge in [-0.3, -0.25) is 0 Å². The lowest BCUT2D eigenvalue weighted by atomic mass is 9.71. The zero-order valence-electron chi connectivity index (χ0n) is 23.4. The molecule has 0 aromatic rings. The highest BCUT2D eigenvalue weighted by molar-refractivity contribution is 6.83. The predicted octanol–water partition coefficient (Wildman–Crippen LogP) is 10.3. The Morgan fingerprint density at radius 3 is 1.66 bits per heavy atom. The Hall–Kier alpha value is -0.823. The summed E-state index contributed by atoms with van der Waals surface area (Å²) in [6, 6.07) is 3.37. The van der Waals surface area contributed by atoms with E-state index in [1.807, 2.05) is 44.6 Å². The zero-order valence-corrected chi connectivity index (χ0v) is 24.4. The van der Waals surface area contributed by atoms with Crippen LogP contribution >= 0.6 is 0 Å². The van der Waals surface area contributed by atoms with E-state index in [9.17, 15) is 0 Å². The van der Waals surface area contributed by atoms with E-state index < -0.39 is 8.07 Å². The summed E-state index contributed by atoms with van der Waals surface area (Å²) in [5.74, 6) is 4.45. The van der Waals surface area contributed by atoms with Crippen LogP contribution in [0.25, 0.3) is 0 Å². The van der Waals surface area contributed by atoms with E-state index in [1.165, 1.54) is 51.4 Å². The maximum absolute atomic E-state index is 2.62. The lowest BCUT2D eigenvalue weighted by Gasteiger charge is -2.49. The molecule has 0 N–H and O–H groups in total. The molecule has 0 spiro atoms. The van der Waals surface area contributed by atoms with Gasteiger partial charge in [-0.2, -0.15) is 0 Å². The summed E-state index contributed by atoms with van der Waals surface area (Å²) in [7, 11) is -1.37. The molecule has 35 heavy (non-hydrogen) atoms. The summed E-state index contributed by atoms with van der Waals surface area (Å²) in [6.07, 6.45) is 17.8. The first kappa shape index (κ1) is 23.3. The molecule has 7 aliphatic rings. The molecule has 6 aliphatic carbocycles. The number of hydrogen-bond acceptors (Lipinski definition) is 0. The van der Waals surface area contributed by atoms with Crippen molar-refractivity contribution in [2.45, 2.75) is 135 Å². The monoisotopic (exact) mass is 486 g/mol. The average Bonchev–Trinajstić information content (AvgIpc) is 3.64. The van der Waals surface area contributed by atoms with Crippen LogP contribution in [0, 0.1) is 29.6 Å². The fourth-order valence-corrected chi connectivity index (χ4v) is 19.9. The van der Waals surface area contributed by atoms with Gasteiger partial charge in [0.15, 0.2) is 0 Å². The topological polar surface area (TPSA) is 0 Å². The minimum absolute atomic E-state index is 0.757. The number of hydrogen-bond donors (Lipinski definition) is 0. The van der Waals surface area contributed by atoms with E-state index in [0.29, 0.717) is 0 Å². The van der Waals surface area contributed by atoms with Crippen LogP contribution in [0.3, 0.4) is 0 Å². The van der Waals surface area contributed by atoms with Crippen molar-refractivity contribution in [3.63, 3.8) is 0 Å². The molecule has 1 heteroatoms. The first-order valence-electron chi connectivity index (χ1n) is 15.8. The van der Waals surface area contributed by atoms with Gasteiger partial charge in [0.25, 0.3) is 0 Å². The number of allylic oxidation sites excluding steroid dienone is 8. The Morgan fingerprint density at radius 2 is 1.06 bits per heavy atom. The molecule has 0 aromatic heterocycles. The molecule has 1 heterocycles. The Bertz CT molecular complexity index is 1050. The molecule has 0 aromatic carbocycles. The van der Waals surface area contributed by atoms with Crippen LogP contribution in [0.4, 0.5) is 0 Å². The molecule has 6 unspecified atom stereocenters. The minimum Gasteiger partial charge on any atom is -0.0662 e. The van der Waals surface area contributed by atoms with E-state index in [4.69, 9.17) is 0 Å². The Labute approximate surface area is 216 Å². The quantitative estimate of drug-likeness (QED) is 0.348. The van der Waals surface area contributed by atoms with Gasteiger partial charge in [0.2, 0.25) is 0 Å². The van der Waals surface area contributed by atoms with Gasteiger partial charge in [-0.15, -0.1) is 0 Å². The fourth-order valence-electron chi connectivity index (χ4n) is 12.0. The second-order valence-corrected chi connectivity index (χ2v) is 19.3. The summed E-state index contributed by atoms with van der Waals surface area (Å²) in [4.78, 5) is 0. The lowest BCUT2D eigenvalue weighted by molar-refractivity contribution is 0.429. The maximum Gasteiger partial charge on any atom is 0.0610 e. The molecule has 0 amide bonds. The molecule has 0 bridgehead atoms. The highest BCUT2D eigenvalue weighted by atomic mass is 28.3. The van der Waals surface area contributed by atoms with Crippen LogP contribution in [0.1, 0.15) is 112 Å². The van der Waals surface area contributed by atoms with Crippen molar-refractivity contribution in [1.82, 2.24) is 0 Å². The summed E-state index contributed by atoms with van der Waals surface area (Å²) < 4.78 is 0. The van der Waals surface area contributed by atoms with E-state index in [1.54, 1.807) is 37.8 Å². The largest absolute Gasteiger partial charge is 0.0662 e. The molecule has 4 saturated carbocycles. The van der Waals surface area contributed by atoms with Crippen LogP contribution in [0.15, 0.2) is 44.6 Å². The third-order valence-electron chi connectivity index (χ3n) is 13.1. The standard InChI is InChI=1S/C34H50Si/c1-20(2)32-29-13-9-11-25(29)22(4)28-15-17-31(34(28)32)35(18-6-7-19-35)30-16-14-27-21(3)24-10-8-12-26(24)23(5)33(27)30/h20,27-28,30-31,33-34H,6-19H2,1-5H3. The minimum atomic E-state index is -1.37. The highest BCUT2D eigenvalue weighted by Crippen LogP contribution is 2.69. The molecule has 0 radical (unpaired) electrons. The van der Waals surface area contributed by atoms with E-state index in [0.717, 1.165) is 40.7 Å². The zero-order chi connectivity index (χ0) is 24.1. The molecule has 1 saturated heterocycles. The SMILES string of the molecule is CC1=C2CCCC2=C(C)C2C1CCC2[Si]1(C2CCC3C(C)=C4CCCC4=C(C(C)C)C32)CCCC1. The molecular weight excluding hydrogens is 436 g/mol. The van der Waals surface area contributed by atoms with Gasteiger partial charge in [0, 0.05) is 0 Å². The van der Waals surface area contributed by atoms with E-state index >= 15 is 0 Å². The molecule has 0 nitrogen and oxygen atoms in total. The smallest absolute Gasteiger partial charge is 0.0610 e. The average molecular weight is 487 g/mol. The van der Waals surface area contributed by atoms with Crippen LogP contribution < -0.4 is 0 Å². The Morgan fingerprint density at radius 1 is 0.571 bits per heavy atom. The first-order valence-corrected chi connectivity index (χ1v) is 18.3. The van der Waals surface area contributed by atoms with Gasteiger partial charge in [0.05, 0.1) is 8.07 Å². The first-order chi connectivity index (χ1) is 16.9.